The Bertz CT molecular complexity index is 373. The number of aliphatic hydroxyl groups is 1. The van der Waals surface area contributed by atoms with Crippen molar-refractivity contribution < 1.29 is 13.9 Å². The Labute approximate surface area is 98.9 Å². The Morgan fingerprint density at radius 3 is 2.41 bits per heavy atom. The van der Waals surface area contributed by atoms with Gasteiger partial charge in [-0.3, -0.25) is 4.90 Å². The molecule has 0 spiro atoms. The third-order valence-corrected chi connectivity index (χ3v) is 2.30. The Morgan fingerprint density at radius 1 is 1.29 bits per heavy atom. The van der Waals surface area contributed by atoms with Crippen LogP contribution in [-0.4, -0.2) is 36.1 Å². The molecule has 0 bridgehead atoms. The molecule has 0 fully saturated rings. The van der Waals surface area contributed by atoms with Crippen LogP contribution in [0.2, 0.25) is 0 Å². The second-order valence-electron chi connectivity index (χ2n) is 3.66. The molecule has 0 aliphatic heterocycles. The lowest BCUT2D eigenvalue weighted by atomic mass is 10.1. The van der Waals surface area contributed by atoms with Crippen LogP contribution in [0.4, 0.5) is 8.78 Å². The summed E-state index contributed by atoms with van der Waals surface area (Å²) in [7, 11) is 0. The summed E-state index contributed by atoms with van der Waals surface area (Å²) < 4.78 is 24.5. The van der Waals surface area contributed by atoms with Gasteiger partial charge >= 0.3 is 0 Å². The van der Waals surface area contributed by atoms with E-state index >= 15 is 0 Å². The van der Waals surface area contributed by atoms with Crippen LogP contribution < -0.4 is 0 Å². The molecular formula is C12H14F2N2O. The number of aliphatic hydroxyl groups excluding tert-OH is 1. The van der Waals surface area contributed by atoms with E-state index in [4.69, 9.17) is 10.4 Å². The summed E-state index contributed by atoms with van der Waals surface area (Å²) in [5.41, 5.74) is 1.38. The maximum Gasteiger partial charge on any atom is 0.251 e. The Hall–Kier alpha value is -1.51. The SMILES string of the molecule is N#Cc1ccc(CN(CCO)CC(F)F)cc1. The largest absolute Gasteiger partial charge is 0.395 e. The maximum absolute atomic E-state index is 12.3. The van der Waals surface area contributed by atoms with Gasteiger partial charge in [0.05, 0.1) is 24.8 Å². The van der Waals surface area contributed by atoms with Gasteiger partial charge < -0.3 is 5.11 Å². The standard InChI is InChI=1S/C12H14F2N2O/c13-12(14)9-16(5-6-17)8-11-3-1-10(7-15)2-4-11/h1-4,12,17H,5-6,8-9H2. The van der Waals surface area contributed by atoms with Crippen molar-refractivity contribution in [2.24, 2.45) is 0 Å². The molecule has 0 amide bonds. The highest BCUT2D eigenvalue weighted by molar-refractivity contribution is 5.31. The van der Waals surface area contributed by atoms with Gasteiger partial charge in [-0.2, -0.15) is 5.26 Å². The van der Waals surface area contributed by atoms with Gasteiger partial charge in [0.1, 0.15) is 0 Å². The maximum atomic E-state index is 12.3. The van der Waals surface area contributed by atoms with E-state index in [2.05, 4.69) is 0 Å². The first-order chi connectivity index (χ1) is 8.15. The fourth-order valence-electron chi connectivity index (χ4n) is 1.51. The summed E-state index contributed by atoms with van der Waals surface area (Å²) in [5, 5.41) is 17.4. The monoisotopic (exact) mass is 240 g/mol. The highest BCUT2D eigenvalue weighted by Crippen LogP contribution is 2.08. The third kappa shape index (κ3) is 4.89. The molecule has 0 saturated carbocycles. The lowest BCUT2D eigenvalue weighted by Gasteiger charge is -2.20. The molecule has 1 aromatic rings. The summed E-state index contributed by atoms with van der Waals surface area (Å²) in [4.78, 5) is 1.48. The van der Waals surface area contributed by atoms with Gasteiger partial charge in [0, 0.05) is 13.1 Å². The van der Waals surface area contributed by atoms with Gasteiger partial charge in [-0.1, -0.05) is 12.1 Å². The molecule has 1 rings (SSSR count). The number of benzene rings is 1. The van der Waals surface area contributed by atoms with Crippen LogP contribution in [0.25, 0.3) is 0 Å². The topological polar surface area (TPSA) is 47.3 Å². The molecule has 0 saturated heterocycles. The van der Waals surface area contributed by atoms with Crippen LogP contribution in [0.3, 0.4) is 0 Å². The van der Waals surface area contributed by atoms with Crippen LogP contribution in [0.1, 0.15) is 11.1 Å². The molecule has 0 aliphatic rings. The fourth-order valence-corrected chi connectivity index (χ4v) is 1.51. The quantitative estimate of drug-likeness (QED) is 0.821. The molecule has 5 heteroatoms. The van der Waals surface area contributed by atoms with Gasteiger partial charge in [-0.15, -0.1) is 0 Å². The van der Waals surface area contributed by atoms with Gasteiger partial charge in [0.25, 0.3) is 6.43 Å². The summed E-state index contributed by atoms with van der Waals surface area (Å²) in [5.74, 6) is 0. The first kappa shape index (κ1) is 13.6. The average molecular weight is 240 g/mol. The van der Waals surface area contributed by atoms with Crippen molar-refractivity contribution in [2.45, 2.75) is 13.0 Å². The summed E-state index contributed by atoms with van der Waals surface area (Å²) in [6.45, 7) is 0.0461. The fraction of sp³-hybridized carbons (Fsp3) is 0.417. The number of hydrogen-bond donors (Lipinski definition) is 1. The van der Waals surface area contributed by atoms with Gasteiger partial charge in [-0.05, 0) is 17.7 Å². The molecule has 0 aromatic heterocycles. The minimum absolute atomic E-state index is 0.150. The molecule has 17 heavy (non-hydrogen) atoms. The highest BCUT2D eigenvalue weighted by Gasteiger charge is 2.11. The van der Waals surface area contributed by atoms with Crippen molar-refractivity contribution >= 4 is 0 Å². The van der Waals surface area contributed by atoms with Crippen molar-refractivity contribution in [1.29, 1.82) is 5.26 Å². The predicted molar refractivity (Wildman–Crippen MR) is 59.5 cm³/mol. The van der Waals surface area contributed by atoms with E-state index in [1.54, 1.807) is 24.3 Å². The lowest BCUT2D eigenvalue weighted by Crippen LogP contribution is -2.31. The number of rotatable bonds is 6. The van der Waals surface area contributed by atoms with Crippen LogP contribution in [0, 0.1) is 11.3 Å². The van der Waals surface area contributed by atoms with Crippen LogP contribution in [0.5, 0.6) is 0 Å². The van der Waals surface area contributed by atoms with Gasteiger partial charge in [-0.25, -0.2) is 8.78 Å². The summed E-state index contributed by atoms with van der Waals surface area (Å²) in [6.07, 6.45) is -2.42. The molecule has 0 heterocycles. The van der Waals surface area contributed by atoms with Crippen molar-refractivity contribution in [1.82, 2.24) is 4.90 Å². The first-order valence-electron chi connectivity index (χ1n) is 5.26. The number of hydrogen-bond acceptors (Lipinski definition) is 3. The Balaban J connectivity index is 2.62. The average Bonchev–Trinajstić information content (AvgIpc) is 2.29. The molecule has 0 aliphatic carbocycles. The van der Waals surface area contributed by atoms with Gasteiger partial charge in [0.2, 0.25) is 0 Å². The normalized spacial score (nSPS) is 10.8. The molecule has 3 nitrogen and oxygen atoms in total. The van der Waals surface area contributed by atoms with E-state index in [-0.39, 0.29) is 19.7 Å². The molecule has 92 valence electrons. The number of halogens is 2. The smallest absolute Gasteiger partial charge is 0.251 e. The number of alkyl halides is 2. The minimum atomic E-state index is -2.42. The van der Waals surface area contributed by atoms with Crippen molar-refractivity contribution in [3.8, 4) is 6.07 Å². The second kappa shape index (κ2) is 6.94. The van der Waals surface area contributed by atoms with Crippen LogP contribution in [0.15, 0.2) is 24.3 Å². The van der Waals surface area contributed by atoms with Gasteiger partial charge in [0.15, 0.2) is 0 Å². The highest BCUT2D eigenvalue weighted by atomic mass is 19.3. The molecule has 0 atom stereocenters. The van der Waals surface area contributed by atoms with Crippen molar-refractivity contribution in [3.63, 3.8) is 0 Å². The Kier molecular flexibility index (Phi) is 5.53. The molecular weight excluding hydrogens is 226 g/mol. The van der Waals surface area contributed by atoms with E-state index in [1.807, 2.05) is 6.07 Å². The molecule has 0 radical (unpaired) electrons. The van der Waals surface area contributed by atoms with E-state index in [0.29, 0.717) is 12.1 Å². The molecule has 1 N–H and O–H groups in total. The number of nitriles is 1. The third-order valence-electron chi connectivity index (χ3n) is 2.30. The summed E-state index contributed by atoms with van der Waals surface area (Å²) >= 11 is 0. The number of nitrogens with zero attached hydrogens (tertiary/aromatic N) is 2. The van der Waals surface area contributed by atoms with E-state index in [9.17, 15) is 8.78 Å². The van der Waals surface area contributed by atoms with Crippen molar-refractivity contribution in [2.75, 3.05) is 19.7 Å². The van der Waals surface area contributed by atoms with Crippen LogP contribution >= 0.6 is 0 Å². The predicted octanol–water partition coefficient (Wildman–Crippen LogP) is 1.62. The zero-order valence-electron chi connectivity index (χ0n) is 9.31. The Morgan fingerprint density at radius 2 is 1.94 bits per heavy atom. The van der Waals surface area contributed by atoms with E-state index in [0.717, 1.165) is 5.56 Å². The van der Waals surface area contributed by atoms with Crippen LogP contribution in [-0.2, 0) is 6.54 Å². The zero-order chi connectivity index (χ0) is 12.7. The first-order valence-corrected chi connectivity index (χ1v) is 5.26. The molecule has 0 unspecified atom stereocenters. The van der Waals surface area contributed by atoms with E-state index in [1.165, 1.54) is 4.90 Å². The second-order valence-corrected chi connectivity index (χ2v) is 3.66. The van der Waals surface area contributed by atoms with E-state index < -0.39 is 6.43 Å². The lowest BCUT2D eigenvalue weighted by molar-refractivity contribution is 0.0746. The molecule has 1 aromatic carbocycles. The summed E-state index contributed by atoms with van der Waals surface area (Å²) in [6, 6.07) is 8.75. The van der Waals surface area contributed by atoms with Crippen molar-refractivity contribution in [3.05, 3.63) is 35.4 Å². The minimum Gasteiger partial charge on any atom is -0.395 e. The zero-order valence-corrected chi connectivity index (χ0v) is 9.31.